The maximum atomic E-state index is 14.0. The molecule has 0 saturated carbocycles. The summed E-state index contributed by atoms with van der Waals surface area (Å²) in [5, 5.41) is -0.428. The smallest absolute Gasteiger partial charge is 0.293 e. The Morgan fingerprint density at radius 3 is 2.56 bits per heavy atom. The fourth-order valence-electron chi connectivity index (χ4n) is 3.55. The van der Waals surface area contributed by atoms with E-state index < -0.39 is 17.0 Å². The van der Waals surface area contributed by atoms with E-state index in [-0.39, 0.29) is 11.4 Å². The van der Waals surface area contributed by atoms with Gasteiger partial charge in [-0.05, 0) is 61.0 Å². The lowest BCUT2D eigenvalue weighted by Gasteiger charge is -2.13. The van der Waals surface area contributed by atoms with Crippen molar-refractivity contribution in [2.45, 2.75) is 27.0 Å². The summed E-state index contributed by atoms with van der Waals surface area (Å²) in [5.41, 5.74) is 3.20. The second-order valence-electron chi connectivity index (χ2n) is 7.78. The molecule has 1 saturated heterocycles. The van der Waals surface area contributed by atoms with Crippen molar-refractivity contribution in [1.29, 1.82) is 0 Å². The van der Waals surface area contributed by atoms with Gasteiger partial charge in [0.25, 0.3) is 11.1 Å². The van der Waals surface area contributed by atoms with E-state index in [2.05, 4.69) is 6.07 Å². The van der Waals surface area contributed by atoms with Crippen LogP contribution in [0.5, 0.6) is 11.5 Å². The summed E-state index contributed by atoms with van der Waals surface area (Å²) in [6, 6.07) is 19.6. The second kappa shape index (κ2) is 10.6. The Morgan fingerprint density at radius 2 is 1.79 bits per heavy atom. The number of hydrogen-bond acceptors (Lipinski definition) is 5. The third-order valence-corrected chi connectivity index (χ3v) is 6.11. The number of rotatable bonds is 8. The third-order valence-electron chi connectivity index (χ3n) is 5.20. The number of amides is 2. The first kappa shape index (κ1) is 23.6. The van der Waals surface area contributed by atoms with Gasteiger partial charge in [-0.25, -0.2) is 4.39 Å². The molecule has 0 spiro atoms. The molecule has 0 radical (unpaired) electrons. The van der Waals surface area contributed by atoms with Gasteiger partial charge in [0.15, 0.2) is 11.5 Å². The van der Waals surface area contributed by atoms with Gasteiger partial charge in [-0.3, -0.25) is 14.5 Å². The van der Waals surface area contributed by atoms with Crippen LogP contribution in [-0.2, 0) is 17.9 Å². The summed E-state index contributed by atoms with van der Waals surface area (Å²) in [7, 11) is 0. The molecule has 0 unspecified atom stereocenters. The number of halogens is 1. The number of nitrogens with zero attached hydrogens (tertiary/aromatic N) is 1. The van der Waals surface area contributed by atoms with E-state index in [1.54, 1.807) is 42.5 Å². The van der Waals surface area contributed by atoms with E-state index in [1.807, 2.05) is 32.0 Å². The second-order valence-corrected chi connectivity index (χ2v) is 8.77. The van der Waals surface area contributed by atoms with Crippen LogP contribution in [0.2, 0.25) is 0 Å². The quantitative estimate of drug-likeness (QED) is 0.354. The molecule has 2 amide bonds. The van der Waals surface area contributed by atoms with Crippen LogP contribution in [0.4, 0.5) is 9.18 Å². The van der Waals surface area contributed by atoms with Gasteiger partial charge in [-0.15, -0.1) is 0 Å². The van der Waals surface area contributed by atoms with Crippen LogP contribution in [0.25, 0.3) is 6.08 Å². The zero-order chi connectivity index (χ0) is 24.1. The number of hydrogen-bond donors (Lipinski definition) is 0. The summed E-state index contributed by atoms with van der Waals surface area (Å²) < 4.78 is 25.7. The molecule has 1 aliphatic rings. The molecular formula is C27H24FNO4S. The predicted molar refractivity (Wildman–Crippen MR) is 131 cm³/mol. The van der Waals surface area contributed by atoms with Gasteiger partial charge < -0.3 is 9.47 Å². The molecule has 34 heavy (non-hydrogen) atoms. The third kappa shape index (κ3) is 5.48. The summed E-state index contributed by atoms with van der Waals surface area (Å²) >= 11 is 0.838. The minimum Gasteiger partial charge on any atom is -0.490 e. The van der Waals surface area contributed by atoms with Crippen LogP contribution in [0, 0.1) is 12.7 Å². The molecule has 5 nitrogen and oxygen atoms in total. The van der Waals surface area contributed by atoms with Crippen molar-refractivity contribution in [3.63, 3.8) is 0 Å². The molecule has 1 fully saturated rings. The zero-order valence-corrected chi connectivity index (χ0v) is 19.7. The highest BCUT2D eigenvalue weighted by Crippen LogP contribution is 2.35. The fourth-order valence-corrected chi connectivity index (χ4v) is 4.39. The molecule has 0 N–H and O–H groups in total. The van der Waals surface area contributed by atoms with Crippen LogP contribution in [0.1, 0.15) is 29.2 Å². The maximum absolute atomic E-state index is 14.0. The monoisotopic (exact) mass is 477 g/mol. The van der Waals surface area contributed by atoms with Crippen molar-refractivity contribution in [2.75, 3.05) is 6.61 Å². The van der Waals surface area contributed by atoms with Gasteiger partial charge >= 0.3 is 0 Å². The van der Waals surface area contributed by atoms with Gasteiger partial charge in [0, 0.05) is 5.56 Å². The van der Waals surface area contributed by atoms with Gasteiger partial charge in [-0.1, -0.05) is 54.1 Å². The topological polar surface area (TPSA) is 55.8 Å². The minimum atomic E-state index is -0.451. The molecule has 0 aromatic heterocycles. The molecule has 4 rings (SSSR count). The summed E-state index contributed by atoms with van der Waals surface area (Å²) in [5.74, 6) is 0.242. The average Bonchev–Trinajstić information content (AvgIpc) is 3.07. The Balaban J connectivity index is 1.51. The molecule has 3 aromatic carbocycles. The Morgan fingerprint density at radius 1 is 0.971 bits per heavy atom. The number of thioether (sulfide) groups is 1. The normalized spacial score (nSPS) is 14.7. The minimum absolute atomic E-state index is 0.107. The number of carbonyl (C=O) groups is 2. The Kier molecular flexibility index (Phi) is 7.33. The van der Waals surface area contributed by atoms with E-state index in [1.165, 1.54) is 6.07 Å². The lowest BCUT2D eigenvalue weighted by atomic mass is 10.1. The highest BCUT2D eigenvalue weighted by Gasteiger charge is 2.35. The molecule has 0 bridgehead atoms. The van der Waals surface area contributed by atoms with Crippen molar-refractivity contribution < 1.29 is 23.5 Å². The molecule has 7 heteroatoms. The SMILES string of the molecule is CCOc1cc(/C=C2\SC(=O)N(Cc3ccccc3F)C2=O)ccc1OCc1cccc(C)c1. The van der Waals surface area contributed by atoms with Crippen LogP contribution in [-0.4, -0.2) is 22.7 Å². The maximum Gasteiger partial charge on any atom is 0.293 e. The van der Waals surface area contributed by atoms with Gasteiger partial charge in [0.1, 0.15) is 12.4 Å². The Hall–Kier alpha value is -3.58. The zero-order valence-electron chi connectivity index (χ0n) is 18.9. The average molecular weight is 478 g/mol. The molecule has 0 aliphatic carbocycles. The van der Waals surface area contributed by atoms with Crippen LogP contribution in [0.15, 0.2) is 71.6 Å². The van der Waals surface area contributed by atoms with E-state index in [0.717, 1.165) is 27.8 Å². The predicted octanol–water partition coefficient (Wildman–Crippen LogP) is 6.35. The number of benzene rings is 3. The van der Waals surface area contributed by atoms with Crippen LogP contribution < -0.4 is 9.47 Å². The first-order chi connectivity index (χ1) is 16.4. The number of ether oxygens (including phenoxy) is 2. The fraction of sp³-hybridized carbons (Fsp3) is 0.185. The Labute approximate surface area is 202 Å². The highest BCUT2D eigenvalue weighted by molar-refractivity contribution is 8.18. The van der Waals surface area contributed by atoms with E-state index in [0.29, 0.717) is 35.8 Å². The number of imide groups is 1. The van der Waals surface area contributed by atoms with Crippen LogP contribution in [0.3, 0.4) is 0 Å². The lowest BCUT2D eigenvalue weighted by molar-refractivity contribution is -0.123. The molecule has 174 valence electrons. The largest absolute Gasteiger partial charge is 0.490 e. The van der Waals surface area contributed by atoms with Gasteiger partial charge in [0.05, 0.1) is 18.1 Å². The summed E-state index contributed by atoms with van der Waals surface area (Å²) in [4.78, 5) is 26.6. The van der Waals surface area contributed by atoms with Crippen LogP contribution >= 0.6 is 11.8 Å². The van der Waals surface area contributed by atoms with Gasteiger partial charge in [0.2, 0.25) is 0 Å². The first-order valence-corrected chi connectivity index (χ1v) is 11.7. The molecule has 1 aliphatic heterocycles. The van der Waals surface area contributed by atoms with Crippen molar-refractivity contribution >= 4 is 29.0 Å². The van der Waals surface area contributed by atoms with Crippen molar-refractivity contribution in [1.82, 2.24) is 4.90 Å². The molecule has 3 aromatic rings. The van der Waals surface area contributed by atoms with Crippen molar-refractivity contribution in [2.24, 2.45) is 0 Å². The standard InChI is InChI=1S/C27H24FNO4S/c1-3-32-24-14-19(11-12-23(24)33-17-20-8-6-7-18(2)13-20)15-25-26(30)29(27(31)34-25)16-21-9-4-5-10-22(21)28/h4-15H,3,16-17H2,1-2H3/b25-15-. The Bertz CT molecular complexity index is 1260. The summed E-state index contributed by atoms with van der Waals surface area (Å²) in [6.07, 6.45) is 1.64. The summed E-state index contributed by atoms with van der Waals surface area (Å²) in [6.45, 7) is 4.65. The molecule has 1 heterocycles. The number of aryl methyl sites for hydroxylation is 1. The molecular weight excluding hydrogens is 453 g/mol. The van der Waals surface area contributed by atoms with Gasteiger partial charge in [-0.2, -0.15) is 0 Å². The number of carbonyl (C=O) groups excluding carboxylic acids is 2. The lowest BCUT2D eigenvalue weighted by Crippen LogP contribution is -2.27. The van der Waals surface area contributed by atoms with E-state index in [9.17, 15) is 14.0 Å². The van der Waals surface area contributed by atoms with Crippen molar-refractivity contribution in [3.05, 3.63) is 99.7 Å². The van der Waals surface area contributed by atoms with Crippen molar-refractivity contribution in [3.8, 4) is 11.5 Å². The van der Waals surface area contributed by atoms with E-state index >= 15 is 0 Å². The molecule has 0 atom stereocenters. The highest BCUT2D eigenvalue weighted by atomic mass is 32.2. The first-order valence-electron chi connectivity index (χ1n) is 10.9. The van der Waals surface area contributed by atoms with E-state index in [4.69, 9.17) is 9.47 Å².